The lowest BCUT2D eigenvalue weighted by Gasteiger charge is -2.24. The van der Waals surface area contributed by atoms with Gasteiger partial charge in [-0.15, -0.1) is 0 Å². The Morgan fingerprint density at radius 3 is 3.16 bits per heavy atom. The molecule has 0 radical (unpaired) electrons. The predicted molar refractivity (Wildman–Crippen MR) is 75.5 cm³/mol. The number of fused-ring (bicyclic) bond motifs is 1. The highest BCUT2D eigenvalue weighted by Gasteiger charge is 2.35. The Morgan fingerprint density at radius 2 is 2.37 bits per heavy atom. The van der Waals surface area contributed by atoms with Crippen LogP contribution < -0.4 is 15.8 Å². The van der Waals surface area contributed by atoms with Crippen molar-refractivity contribution in [1.82, 2.24) is 14.9 Å². The Balaban J connectivity index is 1.83. The van der Waals surface area contributed by atoms with Crippen molar-refractivity contribution >= 4 is 5.82 Å². The van der Waals surface area contributed by atoms with E-state index in [1.165, 1.54) is 12.8 Å². The molecule has 5 nitrogen and oxygen atoms in total. The molecular formula is C14H22N4O. The average Bonchev–Trinajstić information content (AvgIpc) is 2.85. The molecule has 1 N–H and O–H groups in total. The minimum atomic E-state index is 0.0583. The fraction of sp³-hybridized carbons (Fsp3) is 0.714. The van der Waals surface area contributed by atoms with Gasteiger partial charge in [-0.3, -0.25) is 4.79 Å². The van der Waals surface area contributed by atoms with Gasteiger partial charge in [-0.05, 0) is 31.7 Å². The SMILES string of the molecule is CCCn1ccnc(N2C[C@@H]3CCCN[C@@H]3C2)c1=O. The van der Waals surface area contributed by atoms with E-state index in [0.29, 0.717) is 17.8 Å². The van der Waals surface area contributed by atoms with E-state index in [-0.39, 0.29) is 5.56 Å². The van der Waals surface area contributed by atoms with Crippen LogP contribution in [-0.4, -0.2) is 35.2 Å². The summed E-state index contributed by atoms with van der Waals surface area (Å²) in [6.07, 6.45) is 7.02. The topological polar surface area (TPSA) is 50.2 Å². The first-order valence-corrected chi connectivity index (χ1v) is 7.33. The van der Waals surface area contributed by atoms with Crippen LogP contribution in [0.5, 0.6) is 0 Å². The summed E-state index contributed by atoms with van der Waals surface area (Å²) in [5.74, 6) is 1.31. The molecule has 0 aliphatic carbocycles. The lowest BCUT2D eigenvalue weighted by Crippen LogP contribution is -2.41. The summed E-state index contributed by atoms with van der Waals surface area (Å²) < 4.78 is 1.78. The average molecular weight is 262 g/mol. The van der Waals surface area contributed by atoms with Gasteiger partial charge in [0.05, 0.1) is 0 Å². The van der Waals surface area contributed by atoms with Crippen LogP contribution in [0, 0.1) is 5.92 Å². The van der Waals surface area contributed by atoms with E-state index in [1.807, 2.05) is 0 Å². The first-order valence-electron chi connectivity index (χ1n) is 7.33. The third-order valence-electron chi connectivity index (χ3n) is 4.26. The van der Waals surface area contributed by atoms with Crippen LogP contribution in [0.3, 0.4) is 0 Å². The molecule has 0 saturated carbocycles. The first-order chi connectivity index (χ1) is 9.29. The first kappa shape index (κ1) is 12.7. The molecule has 0 unspecified atom stereocenters. The number of rotatable bonds is 3. The van der Waals surface area contributed by atoms with Gasteiger partial charge in [0.1, 0.15) is 0 Å². The van der Waals surface area contributed by atoms with Gasteiger partial charge < -0.3 is 14.8 Å². The van der Waals surface area contributed by atoms with Crippen LogP contribution in [-0.2, 0) is 6.54 Å². The second kappa shape index (κ2) is 5.33. The van der Waals surface area contributed by atoms with Crippen molar-refractivity contribution in [2.75, 3.05) is 24.5 Å². The van der Waals surface area contributed by atoms with Crippen molar-refractivity contribution < 1.29 is 0 Å². The quantitative estimate of drug-likeness (QED) is 0.877. The van der Waals surface area contributed by atoms with Gasteiger partial charge in [-0.2, -0.15) is 0 Å². The van der Waals surface area contributed by atoms with Crippen LogP contribution in [0.25, 0.3) is 0 Å². The normalized spacial score (nSPS) is 26.5. The van der Waals surface area contributed by atoms with Crippen molar-refractivity contribution in [1.29, 1.82) is 0 Å². The highest BCUT2D eigenvalue weighted by molar-refractivity contribution is 5.38. The molecule has 1 aromatic heterocycles. The number of aromatic nitrogens is 2. The maximum Gasteiger partial charge on any atom is 0.293 e. The Labute approximate surface area is 113 Å². The summed E-state index contributed by atoms with van der Waals surface area (Å²) in [5.41, 5.74) is 0.0583. The van der Waals surface area contributed by atoms with Gasteiger partial charge in [0.25, 0.3) is 5.56 Å². The highest BCUT2D eigenvalue weighted by Crippen LogP contribution is 2.26. The molecule has 0 amide bonds. The second-order valence-corrected chi connectivity index (χ2v) is 5.62. The zero-order valence-electron chi connectivity index (χ0n) is 11.5. The van der Waals surface area contributed by atoms with Gasteiger partial charge in [-0.1, -0.05) is 6.92 Å². The van der Waals surface area contributed by atoms with Crippen molar-refractivity contribution in [3.63, 3.8) is 0 Å². The Bertz CT molecular complexity index is 484. The Kier molecular flexibility index (Phi) is 3.55. The number of aryl methyl sites for hydroxylation is 1. The smallest absolute Gasteiger partial charge is 0.293 e. The summed E-state index contributed by atoms with van der Waals surface area (Å²) in [6, 6.07) is 0.537. The molecule has 2 aliphatic rings. The molecule has 104 valence electrons. The molecule has 0 spiro atoms. The number of hydrogen-bond acceptors (Lipinski definition) is 4. The lowest BCUT2D eigenvalue weighted by atomic mass is 9.94. The van der Waals surface area contributed by atoms with Crippen LogP contribution in [0.2, 0.25) is 0 Å². The summed E-state index contributed by atoms with van der Waals surface area (Å²) in [5, 5.41) is 3.56. The Morgan fingerprint density at radius 1 is 1.47 bits per heavy atom. The standard InChI is InChI=1S/C14H22N4O/c1-2-7-17-8-6-16-13(14(17)19)18-9-11-4-3-5-15-12(11)10-18/h6,8,11-12,15H,2-5,7,9-10H2,1H3/t11-,12+/m0/s1. The monoisotopic (exact) mass is 262 g/mol. The van der Waals surface area contributed by atoms with E-state index in [9.17, 15) is 4.79 Å². The molecule has 0 bridgehead atoms. The maximum atomic E-state index is 12.4. The van der Waals surface area contributed by atoms with Crippen LogP contribution in [0.4, 0.5) is 5.82 Å². The lowest BCUT2D eigenvalue weighted by molar-refractivity contribution is 0.340. The molecule has 2 aliphatic heterocycles. The zero-order valence-corrected chi connectivity index (χ0v) is 11.5. The van der Waals surface area contributed by atoms with E-state index < -0.39 is 0 Å². The minimum Gasteiger partial charge on any atom is -0.350 e. The van der Waals surface area contributed by atoms with Gasteiger partial charge in [-0.25, -0.2) is 4.98 Å². The van der Waals surface area contributed by atoms with Gasteiger partial charge in [0.15, 0.2) is 5.82 Å². The number of hydrogen-bond donors (Lipinski definition) is 1. The fourth-order valence-electron chi connectivity index (χ4n) is 3.29. The van der Waals surface area contributed by atoms with E-state index in [1.54, 1.807) is 17.0 Å². The molecule has 3 rings (SSSR count). The van der Waals surface area contributed by atoms with E-state index in [2.05, 4.69) is 22.1 Å². The molecule has 1 aromatic rings. The zero-order chi connectivity index (χ0) is 13.2. The third kappa shape index (κ3) is 2.39. The third-order valence-corrected chi connectivity index (χ3v) is 4.26. The second-order valence-electron chi connectivity index (χ2n) is 5.62. The molecule has 0 aromatic carbocycles. The van der Waals surface area contributed by atoms with Crippen LogP contribution in [0.15, 0.2) is 17.2 Å². The molecule has 2 atom stereocenters. The predicted octanol–water partition coefficient (Wildman–Crippen LogP) is 0.841. The van der Waals surface area contributed by atoms with Crippen LogP contribution in [0.1, 0.15) is 26.2 Å². The maximum absolute atomic E-state index is 12.4. The summed E-state index contributed by atoms with van der Waals surface area (Å²) in [7, 11) is 0. The molecule has 2 saturated heterocycles. The summed E-state index contributed by atoms with van der Waals surface area (Å²) in [4.78, 5) is 18.9. The van der Waals surface area contributed by atoms with E-state index in [4.69, 9.17) is 0 Å². The van der Waals surface area contributed by atoms with Crippen molar-refractivity contribution in [2.24, 2.45) is 5.92 Å². The summed E-state index contributed by atoms with van der Waals surface area (Å²) >= 11 is 0. The number of piperidine rings is 1. The molecule has 19 heavy (non-hydrogen) atoms. The van der Waals surface area contributed by atoms with E-state index in [0.717, 1.165) is 32.6 Å². The van der Waals surface area contributed by atoms with Crippen molar-refractivity contribution in [2.45, 2.75) is 38.8 Å². The fourth-order valence-corrected chi connectivity index (χ4v) is 3.29. The minimum absolute atomic E-state index is 0.0583. The largest absolute Gasteiger partial charge is 0.350 e. The molecule has 3 heterocycles. The number of nitrogens with zero attached hydrogens (tertiary/aromatic N) is 3. The van der Waals surface area contributed by atoms with Crippen molar-refractivity contribution in [3.8, 4) is 0 Å². The Hall–Kier alpha value is -1.36. The van der Waals surface area contributed by atoms with Crippen LogP contribution >= 0.6 is 0 Å². The van der Waals surface area contributed by atoms with Gasteiger partial charge >= 0.3 is 0 Å². The van der Waals surface area contributed by atoms with E-state index >= 15 is 0 Å². The number of anilines is 1. The highest BCUT2D eigenvalue weighted by atomic mass is 16.1. The van der Waals surface area contributed by atoms with Gasteiger partial charge in [0.2, 0.25) is 0 Å². The molecule has 5 heteroatoms. The summed E-state index contributed by atoms with van der Waals surface area (Å²) in [6.45, 7) is 5.85. The van der Waals surface area contributed by atoms with Crippen molar-refractivity contribution in [3.05, 3.63) is 22.7 Å². The van der Waals surface area contributed by atoms with Gasteiger partial charge in [0, 0.05) is 38.1 Å². The molecule has 2 fully saturated rings. The number of nitrogens with one attached hydrogen (secondary N) is 1. The molecular weight excluding hydrogens is 240 g/mol.